The van der Waals surface area contributed by atoms with Gasteiger partial charge in [0.2, 0.25) is 0 Å². The predicted octanol–water partition coefficient (Wildman–Crippen LogP) is 4.33. The van der Waals surface area contributed by atoms with Crippen molar-refractivity contribution in [2.45, 2.75) is 37.3 Å². The number of amides is 1. The normalized spacial score (nSPS) is 26.1. The molecule has 31 heavy (non-hydrogen) atoms. The number of nitro groups is 1. The van der Waals surface area contributed by atoms with Gasteiger partial charge in [-0.3, -0.25) is 14.9 Å². The fraction of sp³-hybridized carbons (Fsp3) is 0.375. The summed E-state index contributed by atoms with van der Waals surface area (Å²) in [6.07, 6.45) is 7.33. The summed E-state index contributed by atoms with van der Waals surface area (Å²) in [7, 11) is 0. The van der Waals surface area contributed by atoms with Gasteiger partial charge in [-0.1, -0.05) is 36.4 Å². The van der Waals surface area contributed by atoms with Crippen LogP contribution in [0.3, 0.4) is 0 Å². The molecule has 2 aromatic rings. The Morgan fingerprint density at radius 2 is 2.13 bits per heavy atom. The lowest BCUT2D eigenvalue weighted by Gasteiger charge is -2.38. The molecule has 7 nitrogen and oxygen atoms in total. The van der Waals surface area contributed by atoms with Crippen LogP contribution in [0.4, 0.5) is 11.4 Å². The Hall–Kier alpha value is -3.19. The van der Waals surface area contributed by atoms with Gasteiger partial charge in [-0.15, -0.1) is 0 Å². The van der Waals surface area contributed by atoms with Crippen LogP contribution in [0.25, 0.3) is 0 Å². The number of nitro benzene ring substituents is 1. The van der Waals surface area contributed by atoms with E-state index in [2.05, 4.69) is 28.9 Å². The molecule has 1 fully saturated rings. The number of carbonyl (C=O) groups is 1. The van der Waals surface area contributed by atoms with Crippen LogP contribution in [0.2, 0.25) is 0 Å². The van der Waals surface area contributed by atoms with Gasteiger partial charge in [0.15, 0.2) is 0 Å². The number of fused-ring (bicyclic) bond motifs is 3. The number of nitrogens with zero attached hydrogens (tertiary/aromatic N) is 1. The van der Waals surface area contributed by atoms with Crippen molar-refractivity contribution in [1.29, 1.82) is 0 Å². The van der Waals surface area contributed by atoms with E-state index in [1.807, 2.05) is 18.2 Å². The molecule has 0 saturated carbocycles. The van der Waals surface area contributed by atoms with Crippen LogP contribution < -0.4 is 10.6 Å². The molecular formula is C24H25N3O4. The summed E-state index contributed by atoms with van der Waals surface area (Å²) in [5, 5.41) is 17.9. The van der Waals surface area contributed by atoms with Gasteiger partial charge < -0.3 is 15.4 Å². The highest BCUT2D eigenvalue weighted by molar-refractivity contribution is 6.00. The first-order valence-electron chi connectivity index (χ1n) is 10.8. The Morgan fingerprint density at radius 1 is 1.26 bits per heavy atom. The second-order valence-electron chi connectivity index (χ2n) is 8.44. The number of rotatable bonds is 5. The number of para-hydroxylation sites is 1. The minimum atomic E-state index is -0.366. The van der Waals surface area contributed by atoms with Crippen LogP contribution >= 0.6 is 0 Å². The maximum Gasteiger partial charge on any atom is 0.269 e. The Morgan fingerprint density at radius 3 is 2.94 bits per heavy atom. The molecular weight excluding hydrogens is 394 g/mol. The topological polar surface area (TPSA) is 93.5 Å². The summed E-state index contributed by atoms with van der Waals surface area (Å²) >= 11 is 0. The van der Waals surface area contributed by atoms with E-state index in [1.54, 1.807) is 12.1 Å². The van der Waals surface area contributed by atoms with E-state index in [4.69, 9.17) is 4.74 Å². The van der Waals surface area contributed by atoms with Crippen LogP contribution in [-0.2, 0) is 4.74 Å². The van der Waals surface area contributed by atoms with Crippen molar-refractivity contribution in [3.63, 3.8) is 0 Å². The van der Waals surface area contributed by atoms with Crippen molar-refractivity contribution in [3.8, 4) is 0 Å². The van der Waals surface area contributed by atoms with Gasteiger partial charge in [-0.25, -0.2) is 0 Å². The van der Waals surface area contributed by atoms with E-state index in [9.17, 15) is 14.9 Å². The number of ether oxygens (including phenoxy) is 1. The van der Waals surface area contributed by atoms with Gasteiger partial charge in [0.25, 0.3) is 11.6 Å². The lowest BCUT2D eigenvalue weighted by Crippen LogP contribution is -2.34. The quantitative estimate of drug-likeness (QED) is 0.427. The van der Waals surface area contributed by atoms with E-state index >= 15 is 0 Å². The molecule has 1 amide bonds. The summed E-state index contributed by atoms with van der Waals surface area (Å²) in [6.45, 7) is 1.26. The Kier molecular flexibility index (Phi) is 5.19. The van der Waals surface area contributed by atoms with Gasteiger partial charge in [-0.2, -0.15) is 0 Å². The average molecular weight is 419 g/mol. The summed E-state index contributed by atoms with van der Waals surface area (Å²) in [5.41, 5.74) is 3.47. The van der Waals surface area contributed by atoms with Crippen LogP contribution in [0.5, 0.6) is 0 Å². The molecule has 160 valence electrons. The van der Waals surface area contributed by atoms with Gasteiger partial charge >= 0.3 is 0 Å². The van der Waals surface area contributed by atoms with E-state index in [0.29, 0.717) is 12.1 Å². The van der Waals surface area contributed by atoms with Crippen LogP contribution in [-0.4, -0.2) is 30.1 Å². The number of nitrogens with one attached hydrogen (secondary N) is 2. The fourth-order valence-corrected chi connectivity index (χ4v) is 5.08. The van der Waals surface area contributed by atoms with E-state index in [1.165, 1.54) is 6.07 Å². The molecule has 1 aliphatic carbocycles. The number of benzene rings is 2. The standard InChI is InChI=1S/C24H25N3O4/c28-24(25-14-17-7-4-12-31-17)21-11-3-10-20-18-8-2-9-19(18)22(26-23(20)21)15-5-1-6-16(13-15)27(29)30/h1-3,5-6,8,10-11,13,17-19,22,26H,4,7,9,12,14H2,(H,25,28). The van der Waals surface area contributed by atoms with E-state index in [0.717, 1.165) is 42.7 Å². The predicted molar refractivity (Wildman–Crippen MR) is 117 cm³/mol. The summed E-state index contributed by atoms with van der Waals surface area (Å²) < 4.78 is 5.62. The van der Waals surface area contributed by atoms with Crippen LogP contribution in [0.1, 0.15) is 52.7 Å². The molecule has 1 saturated heterocycles. The molecule has 2 heterocycles. The largest absolute Gasteiger partial charge is 0.377 e. The molecule has 2 aliphatic heterocycles. The SMILES string of the molecule is O=C(NCC1CCCO1)c1cccc2c1NC(c1cccc([N+](=O)[O-])c1)C1CC=CC21. The Bertz CT molecular complexity index is 1040. The summed E-state index contributed by atoms with van der Waals surface area (Å²) in [4.78, 5) is 24.0. The highest BCUT2D eigenvalue weighted by Crippen LogP contribution is 2.50. The minimum absolute atomic E-state index is 0.0789. The number of hydrogen-bond donors (Lipinski definition) is 2. The number of non-ortho nitro benzene ring substituents is 1. The maximum absolute atomic E-state index is 13.0. The van der Waals surface area contributed by atoms with Crippen molar-refractivity contribution in [3.05, 3.63) is 81.4 Å². The monoisotopic (exact) mass is 419 g/mol. The first-order valence-corrected chi connectivity index (χ1v) is 10.8. The maximum atomic E-state index is 13.0. The molecule has 0 aromatic heterocycles. The summed E-state index contributed by atoms with van der Waals surface area (Å²) in [6, 6.07) is 12.5. The zero-order valence-corrected chi connectivity index (χ0v) is 17.1. The zero-order valence-electron chi connectivity index (χ0n) is 17.1. The van der Waals surface area contributed by atoms with Gasteiger partial charge in [0.1, 0.15) is 0 Å². The zero-order chi connectivity index (χ0) is 21.4. The van der Waals surface area contributed by atoms with Crippen molar-refractivity contribution in [2.24, 2.45) is 5.92 Å². The van der Waals surface area contributed by atoms with Crippen molar-refractivity contribution >= 4 is 17.3 Å². The molecule has 4 atom stereocenters. The van der Waals surface area contributed by atoms with Gasteiger partial charge in [0, 0.05) is 31.2 Å². The second-order valence-corrected chi connectivity index (χ2v) is 8.44. The number of allylic oxidation sites excluding steroid dienone is 2. The Balaban J connectivity index is 1.47. The molecule has 2 aromatic carbocycles. The molecule has 0 spiro atoms. The van der Waals surface area contributed by atoms with E-state index < -0.39 is 0 Å². The van der Waals surface area contributed by atoms with Gasteiger partial charge in [-0.05, 0) is 42.4 Å². The molecule has 2 N–H and O–H groups in total. The second kappa shape index (κ2) is 8.15. The fourth-order valence-electron chi connectivity index (χ4n) is 5.08. The third-order valence-corrected chi connectivity index (χ3v) is 6.60. The smallest absolute Gasteiger partial charge is 0.269 e. The number of hydrogen-bond acceptors (Lipinski definition) is 5. The molecule has 5 rings (SSSR count). The van der Waals surface area contributed by atoms with Crippen molar-refractivity contribution in [2.75, 3.05) is 18.5 Å². The number of anilines is 1. The molecule has 7 heteroatoms. The molecule has 4 unspecified atom stereocenters. The minimum Gasteiger partial charge on any atom is -0.377 e. The van der Waals surface area contributed by atoms with Crippen molar-refractivity contribution in [1.82, 2.24) is 5.32 Å². The third kappa shape index (κ3) is 3.70. The molecule has 3 aliphatic rings. The first-order chi connectivity index (χ1) is 15.1. The van der Waals surface area contributed by atoms with Gasteiger partial charge in [0.05, 0.1) is 28.3 Å². The molecule has 0 bridgehead atoms. The Labute approximate surface area is 180 Å². The summed E-state index contributed by atoms with van der Waals surface area (Å²) in [5.74, 6) is 0.296. The third-order valence-electron chi connectivity index (χ3n) is 6.60. The lowest BCUT2D eigenvalue weighted by molar-refractivity contribution is -0.384. The highest BCUT2D eigenvalue weighted by Gasteiger charge is 2.39. The highest BCUT2D eigenvalue weighted by atomic mass is 16.6. The van der Waals surface area contributed by atoms with E-state index in [-0.39, 0.29) is 40.5 Å². The van der Waals surface area contributed by atoms with Crippen molar-refractivity contribution < 1.29 is 14.5 Å². The van der Waals surface area contributed by atoms with Crippen LogP contribution in [0, 0.1) is 16.0 Å². The number of carbonyl (C=O) groups excluding carboxylic acids is 1. The first kappa shape index (κ1) is 19.8. The molecule has 0 radical (unpaired) electrons. The van der Waals surface area contributed by atoms with Crippen LogP contribution in [0.15, 0.2) is 54.6 Å². The lowest BCUT2D eigenvalue weighted by atomic mass is 9.76. The average Bonchev–Trinajstić information content (AvgIpc) is 3.49.